The molecule has 0 aromatic carbocycles. The number of carbonyl (C=O) groups excluding carboxylic acids is 1. The Morgan fingerprint density at radius 2 is 2.20 bits per heavy atom. The van der Waals surface area contributed by atoms with Gasteiger partial charge in [-0.1, -0.05) is 6.42 Å². The van der Waals surface area contributed by atoms with E-state index in [0.717, 1.165) is 25.1 Å². The molecule has 2 N–H and O–H groups in total. The second-order valence-electron chi connectivity index (χ2n) is 6.64. The molecule has 9 heteroatoms. The molecule has 1 aromatic rings. The van der Waals surface area contributed by atoms with E-state index >= 15 is 0 Å². The molecule has 3 rings (SSSR count). The van der Waals surface area contributed by atoms with Gasteiger partial charge in [-0.2, -0.15) is 13.2 Å². The van der Waals surface area contributed by atoms with Crippen molar-refractivity contribution in [3.8, 4) is 0 Å². The zero-order chi connectivity index (χ0) is 18.2. The highest BCUT2D eigenvalue weighted by molar-refractivity contribution is 5.80. The fourth-order valence-electron chi connectivity index (χ4n) is 3.82. The molecule has 2 fully saturated rings. The van der Waals surface area contributed by atoms with E-state index in [1.165, 1.54) is 11.0 Å². The van der Waals surface area contributed by atoms with Crippen LogP contribution in [-0.2, 0) is 17.5 Å². The first kappa shape index (κ1) is 17.5. The predicted octanol–water partition coefficient (Wildman–Crippen LogP) is 2.50. The molecule has 1 saturated carbocycles. The van der Waals surface area contributed by atoms with Crippen LogP contribution in [0.4, 0.5) is 18.0 Å². The Balaban J connectivity index is 1.62. The van der Waals surface area contributed by atoms with Gasteiger partial charge in [-0.3, -0.25) is 9.78 Å². The summed E-state index contributed by atoms with van der Waals surface area (Å²) in [5.74, 6) is -0.942. The molecule has 136 valence electrons. The second kappa shape index (κ2) is 6.20. The van der Waals surface area contributed by atoms with Crippen molar-refractivity contribution >= 4 is 12.0 Å². The number of aliphatic carboxylic acids is 1. The number of rotatable bonds is 3. The Bertz CT molecular complexity index is 695. The molecule has 6 nitrogen and oxygen atoms in total. The molecule has 2 atom stereocenters. The molecule has 1 aliphatic heterocycles. The lowest BCUT2D eigenvalue weighted by atomic mass is 9.81. The minimum Gasteiger partial charge on any atom is -0.481 e. The van der Waals surface area contributed by atoms with E-state index in [9.17, 15) is 27.9 Å². The number of aromatic nitrogens is 1. The van der Waals surface area contributed by atoms with Gasteiger partial charge in [0.1, 0.15) is 5.69 Å². The quantitative estimate of drug-likeness (QED) is 0.871. The van der Waals surface area contributed by atoms with E-state index < -0.39 is 29.3 Å². The summed E-state index contributed by atoms with van der Waals surface area (Å²) < 4.78 is 37.9. The lowest BCUT2D eigenvalue weighted by molar-refractivity contribution is -0.149. The largest absolute Gasteiger partial charge is 0.481 e. The minimum absolute atomic E-state index is 0.0616. The maximum atomic E-state index is 12.6. The van der Waals surface area contributed by atoms with Crippen molar-refractivity contribution in [3.63, 3.8) is 0 Å². The van der Waals surface area contributed by atoms with Crippen LogP contribution in [0.2, 0.25) is 0 Å². The predicted molar refractivity (Wildman–Crippen MR) is 80.5 cm³/mol. The molecule has 25 heavy (non-hydrogen) atoms. The number of urea groups is 1. The molecule has 0 unspecified atom stereocenters. The maximum absolute atomic E-state index is 12.6. The van der Waals surface area contributed by atoms with E-state index in [0.29, 0.717) is 13.0 Å². The van der Waals surface area contributed by atoms with Crippen LogP contribution in [0.5, 0.6) is 0 Å². The van der Waals surface area contributed by atoms with Crippen LogP contribution >= 0.6 is 0 Å². The second-order valence-corrected chi connectivity index (χ2v) is 6.64. The van der Waals surface area contributed by atoms with Gasteiger partial charge in [-0.15, -0.1) is 0 Å². The number of amides is 2. The Hall–Kier alpha value is -2.32. The van der Waals surface area contributed by atoms with Crippen LogP contribution < -0.4 is 5.32 Å². The maximum Gasteiger partial charge on any atom is 0.433 e. The highest BCUT2D eigenvalue weighted by Gasteiger charge is 2.55. The number of carbonyl (C=O) groups is 2. The molecule has 2 amide bonds. The SMILES string of the molecule is O=C(NCc1ccnc(C(F)(F)F)c1)N1C[C@@H]2CCC[C@@]2(C(=O)O)C1. The Morgan fingerprint density at radius 3 is 2.84 bits per heavy atom. The van der Waals surface area contributed by atoms with Crippen LogP contribution in [0.1, 0.15) is 30.5 Å². The lowest BCUT2D eigenvalue weighted by Gasteiger charge is -2.23. The summed E-state index contributed by atoms with van der Waals surface area (Å²) in [6.45, 7) is 0.428. The molecule has 0 spiro atoms. The third-order valence-electron chi connectivity index (χ3n) is 5.14. The van der Waals surface area contributed by atoms with Gasteiger partial charge in [0.15, 0.2) is 0 Å². The van der Waals surface area contributed by atoms with Crippen molar-refractivity contribution in [1.29, 1.82) is 0 Å². The van der Waals surface area contributed by atoms with Crippen molar-refractivity contribution < 1.29 is 27.9 Å². The van der Waals surface area contributed by atoms with Gasteiger partial charge in [-0.05, 0) is 36.5 Å². The van der Waals surface area contributed by atoms with Crippen molar-refractivity contribution in [1.82, 2.24) is 15.2 Å². The van der Waals surface area contributed by atoms with E-state index in [-0.39, 0.29) is 24.6 Å². The number of pyridine rings is 1. The number of fused-ring (bicyclic) bond motifs is 1. The van der Waals surface area contributed by atoms with Gasteiger partial charge < -0.3 is 15.3 Å². The highest BCUT2D eigenvalue weighted by atomic mass is 19.4. The molecule has 1 aliphatic carbocycles. The Labute approximate surface area is 142 Å². The van der Waals surface area contributed by atoms with Crippen LogP contribution in [-0.4, -0.2) is 40.1 Å². The number of halogens is 3. The number of alkyl halides is 3. The fourth-order valence-corrected chi connectivity index (χ4v) is 3.82. The number of nitrogens with one attached hydrogen (secondary N) is 1. The van der Waals surface area contributed by atoms with Crippen molar-refractivity contribution in [2.45, 2.75) is 32.0 Å². The summed E-state index contributed by atoms with van der Waals surface area (Å²) in [5, 5.41) is 12.1. The molecule has 0 bridgehead atoms. The van der Waals surface area contributed by atoms with Crippen molar-refractivity contribution in [2.24, 2.45) is 11.3 Å². The first-order chi connectivity index (χ1) is 11.7. The normalized spacial score (nSPS) is 25.7. The summed E-state index contributed by atoms with van der Waals surface area (Å²) in [7, 11) is 0. The Kier molecular flexibility index (Phi) is 4.34. The molecular formula is C16H18F3N3O3. The average molecular weight is 357 g/mol. The number of hydrogen-bond donors (Lipinski definition) is 2. The molecule has 1 aromatic heterocycles. The zero-order valence-electron chi connectivity index (χ0n) is 13.3. The molecule has 2 aliphatic rings. The number of carboxylic acid groups (broad SMARTS) is 1. The standard InChI is InChI=1S/C16H18F3N3O3/c17-16(18,19)12-6-10(3-5-20-12)7-21-14(25)22-8-11-2-1-4-15(11,9-22)13(23)24/h3,5-6,11H,1-2,4,7-9H2,(H,21,25)(H,23,24)/t11-,15+/m0/s1. The molecule has 0 radical (unpaired) electrons. The first-order valence-corrected chi connectivity index (χ1v) is 8.01. The van der Waals surface area contributed by atoms with Crippen molar-refractivity contribution in [3.05, 3.63) is 29.6 Å². The van der Waals surface area contributed by atoms with Crippen LogP contribution in [0, 0.1) is 11.3 Å². The molecule has 2 heterocycles. The highest BCUT2D eigenvalue weighted by Crippen LogP contribution is 2.48. The molecular weight excluding hydrogens is 339 g/mol. The summed E-state index contributed by atoms with van der Waals surface area (Å²) in [6, 6.07) is 1.82. The fraction of sp³-hybridized carbons (Fsp3) is 0.562. The van der Waals surface area contributed by atoms with Gasteiger partial charge in [0.05, 0.1) is 5.41 Å². The number of likely N-dealkylation sites (tertiary alicyclic amines) is 1. The van der Waals surface area contributed by atoms with Crippen molar-refractivity contribution in [2.75, 3.05) is 13.1 Å². The Morgan fingerprint density at radius 1 is 1.44 bits per heavy atom. The summed E-state index contributed by atoms with van der Waals surface area (Å²) in [5.41, 5.74) is -1.61. The van der Waals surface area contributed by atoms with Crippen LogP contribution in [0.3, 0.4) is 0 Å². The topological polar surface area (TPSA) is 82.5 Å². The third kappa shape index (κ3) is 3.27. The summed E-state index contributed by atoms with van der Waals surface area (Å²) in [6.07, 6.45) is -1.33. The number of carboxylic acids is 1. The van der Waals surface area contributed by atoms with E-state index in [1.54, 1.807) is 0 Å². The third-order valence-corrected chi connectivity index (χ3v) is 5.14. The average Bonchev–Trinajstić information content (AvgIpc) is 3.10. The molecule has 1 saturated heterocycles. The smallest absolute Gasteiger partial charge is 0.433 e. The van der Waals surface area contributed by atoms with E-state index in [1.807, 2.05) is 0 Å². The van der Waals surface area contributed by atoms with Gasteiger partial charge in [0, 0.05) is 25.8 Å². The first-order valence-electron chi connectivity index (χ1n) is 8.01. The van der Waals surface area contributed by atoms with Gasteiger partial charge in [0.25, 0.3) is 0 Å². The van der Waals surface area contributed by atoms with Gasteiger partial charge >= 0.3 is 18.2 Å². The summed E-state index contributed by atoms with van der Waals surface area (Å²) >= 11 is 0. The zero-order valence-corrected chi connectivity index (χ0v) is 13.3. The van der Waals surface area contributed by atoms with E-state index in [2.05, 4.69) is 10.3 Å². The van der Waals surface area contributed by atoms with E-state index in [4.69, 9.17) is 0 Å². The number of hydrogen-bond acceptors (Lipinski definition) is 3. The summed E-state index contributed by atoms with van der Waals surface area (Å²) in [4.78, 5) is 28.6. The minimum atomic E-state index is -4.54. The monoisotopic (exact) mass is 357 g/mol. The van der Waals surface area contributed by atoms with Gasteiger partial charge in [0.2, 0.25) is 0 Å². The van der Waals surface area contributed by atoms with Gasteiger partial charge in [-0.25, -0.2) is 4.79 Å². The van der Waals surface area contributed by atoms with Crippen LogP contribution in [0.25, 0.3) is 0 Å². The lowest BCUT2D eigenvalue weighted by Crippen LogP contribution is -2.41. The van der Waals surface area contributed by atoms with Crippen LogP contribution in [0.15, 0.2) is 18.3 Å². The number of nitrogens with zero attached hydrogens (tertiary/aromatic N) is 2.